The summed E-state index contributed by atoms with van der Waals surface area (Å²) >= 11 is 0. The van der Waals surface area contributed by atoms with Crippen LogP contribution in [0.5, 0.6) is 5.75 Å². The van der Waals surface area contributed by atoms with Gasteiger partial charge >= 0.3 is 11.9 Å². The molecule has 27 heavy (non-hydrogen) atoms. The fourth-order valence-electron chi connectivity index (χ4n) is 2.30. The lowest BCUT2D eigenvalue weighted by Crippen LogP contribution is -2.09. The first-order valence-corrected chi connectivity index (χ1v) is 7.93. The Morgan fingerprint density at radius 2 is 1.70 bits per heavy atom. The molecule has 0 saturated carbocycles. The van der Waals surface area contributed by atoms with Gasteiger partial charge in [-0.25, -0.2) is 14.6 Å². The van der Waals surface area contributed by atoms with E-state index < -0.39 is 11.9 Å². The molecular formula is C19H19N3O5. The molecule has 3 rings (SSSR count). The topological polar surface area (TPSA) is 125 Å². The van der Waals surface area contributed by atoms with Gasteiger partial charge in [-0.15, -0.1) is 0 Å². The Labute approximate surface area is 155 Å². The smallest absolute Gasteiger partial charge is 0.414 e. The molecule has 0 bridgehead atoms. The molecule has 140 valence electrons. The Kier molecular flexibility index (Phi) is 6.54. The first-order valence-electron chi connectivity index (χ1n) is 7.93. The molecular weight excluding hydrogens is 350 g/mol. The minimum absolute atomic E-state index is 0.277. The molecule has 0 radical (unpaired) electrons. The van der Waals surface area contributed by atoms with Gasteiger partial charge in [-0.3, -0.25) is 0 Å². The van der Waals surface area contributed by atoms with Crippen molar-refractivity contribution in [2.24, 2.45) is 7.05 Å². The van der Waals surface area contributed by atoms with E-state index in [1.165, 1.54) is 0 Å². The van der Waals surface area contributed by atoms with Crippen LogP contribution < -0.4 is 5.32 Å². The molecule has 1 heterocycles. The monoisotopic (exact) mass is 369 g/mol. The van der Waals surface area contributed by atoms with Crippen molar-refractivity contribution in [3.63, 3.8) is 0 Å². The van der Waals surface area contributed by atoms with E-state index in [4.69, 9.17) is 19.8 Å². The number of aromatic hydroxyl groups is 1. The summed E-state index contributed by atoms with van der Waals surface area (Å²) in [6.45, 7) is 0.619. The summed E-state index contributed by atoms with van der Waals surface area (Å²) in [7, 11) is 1.99. The molecule has 8 heteroatoms. The summed E-state index contributed by atoms with van der Waals surface area (Å²) in [4.78, 5) is 22.6. The van der Waals surface area contributed by atoms with E-state index in [-0.39, 0.29) is 5.75 Å². The van der Waals surface area contributed by atoms with Crippen LogP contribution in [0.1, 0.15) is 5.56 Å². The number of nitrogens with zero attached hydrogens (tertiary/aromatic N) is 2. The van der Waals surface area contributed by atoms with E-state index >= 15 is 0 Å². The van der Waals surface area contributed by atoms with Crippen molar-refractivity contribution in [2.75, 3.05) is 5.32 Å². The van der Waals surface area contributed by atoms with Crippen molar-refractivity contribution < 1.29 is 24.9 Å². The number of carboxylic acid groups (broad SMARTS) is 2. The van der Waals surface area contributed by atoms with Crippen LogP contribution in [0.2, 0.25) is 0 Å². The number of carboxylic acids is 2. The van der Waals surface area contributed by atoms with Crippen LogP contribution >= 0.6 is 0 Å². The van der Waals surface area contributed by atoms with Crippen LogP contribution in [-0.2, 0) is 23.2 Å². The molecule has 0 unspecified atom stereocenters. The first-order chi connectivity index (χ1) is 12.9. The number of hydrogen-bond acceptors (Lipinski definition) is 5. The van der Waals surface area contributed by atoms with Gasteiger partial charge < -0.3 is 25.2 Å². The second-order valence-corrected chi connectivity index (χ2v) is 5.53. The number of phenols is 1. The molecule has 0 atom stereocenters. The number of imidazole rings is 1. The largest absolute Gasteiger partial charge is 0.508 e. The summed E-state index contributed by atoms with van der Waals surface area (Å²) in [6.07, 6.45) is 1.86. The van der Waals surface area contributed by atoms with Crippen LogP contribution in [-0.4, -0.2) is 36.8 Å². The summed E-state index contributed by atoms with van der Waals surface area (Å²) < 4.78 is 2.03. The number of rotatable bonds is 4. The fraction of sp³-hybridized carbons (Fsp3) is 0.105. The Bertz CT molecular complexity index is 910. The predicted octanol–water partition coefficient (Wildman–Crippen LogP) is 2.56. The quantitative estimate of drug-likeness (QED) is 0.521. The molecule has 0 amide bonds. The van der Waals surface area contributed by atoms with Crippen LogP contribution in [0.25, 0.3) is 11.3 Å². The van der Waals surface area contributed by atoms with Crippen LogP contribution in [0.3, 0.4) is 0 Å². The van der Waals surface area contributed by atoms with Crippen molar-refractivity contribution in [3.05, 3.63) is 66.4 Å². The number of benzene rings is 2. The van der Waals surface area contributed by atoms with E-state index in [1.54, 1.807) is 12.1 Å². The standard InChI is InChI=1S/C17H17N3O.C2H2O4/c1-20-16(14-7-3-2-4-8-14)12-19-17(20)18-11-13-6-5-9-15(21)10-13;3-1(4)2(5)6/h2-10,12,21H,11H2,1H3,(H,18,19);(H,3,4)(H,5,6). The van der Waals surface area contributed by atoms with E-state index in [2.05, 4.69) is 22.4 Å². The maximum absolute atomic E-state index is 9.47. The number of anilines is 1. The maximum atomic E-state index is 9.47. The molecule has 0 saturated heterocycles. The van der Waals surface area contributed by atoms with Gasteiger partial charge in [-0.2, -0.15) is 0 Å². The summed E-state index contributed by atoms with van der Waals surface area (Å²) in [5.41, 5.74) is 3.21. The zero-order chi connectivity index (χ0) is 19.8. The second kappa shape index (κ2) is 9.04. The van der Waals surface area contributed by atoms with E-state index in [1.807, 2.05) is 48.1 Å². The van der Waals surface area contributed by atoms with Gasteiger partial charge in [0.15, 0.2) is 0 Å². The third kappa shape index (κ3) is 5.60. The summed E-state index contributed by atoms with van der Waals surface area (Å²) in [6, 6.07) is 17.4. The lowest BCUT2D eigenvalue weighted by Gasteiger charge is -2.08. The second-order valence-electron chi connectivity index (χ2n) is 5.53. The Morgan fingerprint density at radius 3 is 2.30 bits per heavy atom. The average molecular weight is 369 g/mol. The number of aromatic nitrogens is 2. The molecule has 0 spiro atoms. The van der Waals surface area contributed by atoms with E-state index in [0.717, 1.165) is 22.8 Å². The number of carbonyl (C=O) groups is 2. The number of hydrogen-bond donors (Lipinski definition) is 4. The average Bonchev–Trinajstić information content (AvgIpc) is 3.02. The maximum Gasteiger partial charge on any atom is 0.414 e. The van der Waals surface area contributed by atoms with Gasteiger partial charge in [0.1, 0.15) is 5.75 Å². The molecule has 8 nitrogen and oxygen atoms in total. The van der Waals surface area contributed by atoms with Gasteiger partial charge in [0, 0.05) is 13.6 Å². The number of nitrogens with one attached hydrogen (secondary N) is 1. The lowest BCUT2D eigenvalue weighted by atomic mass is 10.2. The highest BCUT2D eigenvalue weighted by Crippen LogP contribution is 2.22. The zero-order valence-electron chi connectivity index (χ0n) is 14.5. The molecule has 1 aromatic heterocycles. The molecule has 3 aromatic rings. The molecule has 0 aliphatic carbocycles. The minimum Gasteiger partial charge on any atom is -0.508 e. The van der Waals surface area contributed by atoms with E-state index in [9.17, 15) is 5.11 Å². The molecule has 2 aromatic carbocycles. The fourth-order valence-corrected chi connectivity index (χ4v) is 2.30. The lowest BCUT2D eigenvalue weighted by molar-refractivity contribution is -0.159. The van der Waals surface area contributed by atoms with Crippen LogP contribution in [0, 0.1) is 0 Å². The molecule has 0 aliphatic heterocycles. The predicted molar refractivity (Wildman–Crippen MR) is 99.3 cm³/mol. The minimum atomic E-state index is -1.82. The van der Waals surface area contributed by atoms with Crippen LogP contribution in [0.15, 0.2) is 60.8 Å². The third-order valence-corrected chi connectivity index (χ3v) is 3.60. The van der Waals surface area contributed by atoms with Gasteiger partial charge in [0.25, 0.3) is 0 Å². The zero-order valence-corrected chi connectivity index (χ0v) is 14.5. The van der Waals surface area contributed by atoms with Crippen molar-refractivity contribution in [1.29, 1.82) is 0 Å². The van der Waals surface area contributed by atoms with Gasteiger partial charge in [-0.1, -0.05) is 42.5 Å². The molecule has 0 fully saturated rings. The third-order valence-electron chi connectivity index (χ3n) is 3.60. The molecule has 0 aliphatic rings. The highest BCUT2D eigenvalue weighted by molar-refractivity contribution is 6.27. The van der Waals surface area contributed by atoms with Crippen molar-refractivity contribution in [3.8, 4) is 17.0 Å². The summed E-state index contributed by atoms with van der Waals surface area (Å²) in [5.74, 6) is -2.57. The van der Waals surface area contributed by atoms with Crippen molar-refractivity contribution in [2.45, 2.75) is 6.54 Å². The van der Waals surface area contributed by atoms with E-state index in [0.29, 0.717) is 6.54 Å². The molecule has 4 N–H and O–H groups in total. The normalized spacial score (nSPS) is 9.81. The Balaban J connectivity index is 0.000000380. The van der Waals surface area contributed by atoms with Gasteiger partial charge in [-0.05, 0) is 23.3 Å². The first kappa shape index (κ1) is 19.5. The highest BCUT2D eigenvalue weighted by Gasteiger charge is 2.08. The Hall–Kier alpha value is -3.81. The van der Waals surface area contributed by atoms with Crippen molar-refractivity contribution in [1.82, 2.24) is 9.55 Å². The van der Waals surface area contributed by atoms with Crippen molar-refractivity contribution >= 4 is 17.9 Å². The summed E-state index contributed by atoms with van der Waals surface area (Å²) in [5, 5.41) is 27.5. The van der Waals surface area contributed by atoms with Gasteiger partial charge in [0.05, 0.1) is 11.9 Å². The van der Waals surface area contributed by atoms with Crippen LogP contribution in [0.4, 0.5) is 5.95 Å². The van der Waals surface area contributed by atoms with Gasteiger partial charge in [0.2, 0.25) is 5.95 Å². The Morgan fingerprint density at radius 1 is 1.04 bits per heavy atom. The SMILES string of the molecule is Cn1c(-c2ccccc2)cnc1NCc1cccc(O)c1.O=C(O)C(=O)O. The number of phenolic OH excluding ortho intramolecular Hbond substituents is 1. The highest BCUT2D eigenvalue weighted by atomic mass is 16.4. The number of aliphatic carboxylic acids is 2.